The number of rotatable bonds is 3. The molecule has 1 aliphatic rings. The molecule has 92 valence electrons. The van der Waals surface area contributed by atoms with Crippen LogP contribution in [-0.4, -0.2) is 20.4 Å². The van der Waals surface area contributed by atoms with Gasteiger partial charge in [-0.3, -0.25) is 4.79 Å². The van der Waals surface area contributed by atoms with E-state index in [9.17, 15) is 13.2 Å². The Kier molecular flexibility index (Phi) is 3.34. The summed E-state index contributed by atoms with van der Waals surface area (Å²) in [7, 11) is 1.27. The molecule has 0 saturated heterocycles. The molecule has 0 aromatic heterocycles. The van der Waals surface area contributed by atoms with Crippen LogP contribution in [0, 0.1) is 0 Å². The van der Waals surface area contributed by atoms with Gasteiger partial charge in [0, 0.05) is 22.3 Å². The van der Waals surface area contributed by atoms with Gasteiger partial charge in [0.25, 0.3) is 15.0 Å². The van der Waals surface area contributed by atoms with E-state index >= 15 is 0 Å². The first-order valence-electron chi connectivity index (χ1n) is 4.93. The first-order chi connectivity index (χ1) is 7.88. The van der Waals surface area contributed by atoms with Crippen LogP contribution in [0.3, 0.4) is 0 Å². The van der Waals surface area contributed by atoms with E-state index in [1.165, 1.54) is 18.2 Å². The molecule has 1 aromatic carbocycles. The quantitative estimate of drug-likeness (QED) is 0.869. The van der Waals surface area contributed by atoms with Crippen LogP contribution in [0.15, 0.2) is 23.1 Å². The Morgan fingerprint density at radius 3 is 2.53 bits per heavy atom. The number of hydrogen-bond donors (Lipinski definition) is 1. The highest BCUT2D eigenvalue weighted by molar-refractivity contribution is 8.13. The summed E-state index contributed by atoms with van der Waals surface area (Å²) >= 11 is 5.71. The summed E-state index contributed by atoms with van der Waals surface area (Å²) < 4.78 is 22.4. The molecule has 17 heavy (non-hydrogen) atoms. The Morgan fingerprint density at radius 2 is 2.00 bits per heavy atom. The Hall–Kier alpha value is -0.780. The molecule has 1 aromatic rings. The van der Waals surface area contributed by atoms with E-state index in [0.717, 1.165) is 12.8 Å². The first-order valence-corrected chi connectivity index (χ1v) is 7.62. The maximum absolute atomic E-state index is 11.7. The molecule has 0 atom stereocenters. The SMILES string of the molecule is O=C(NC1CC1)c1ccc(Cl)c(S(=O)(=O)Cl)c1. The Balaban J connectivity index is 2.33. The van der Waals surface area contributed by atoms with Crippen molar-refractivity contribution in [2.45, 2.75) is 23.8 Å². The summed E-state index contributed by atoms with van der Waals surface area (Å²) in [4.78, 5) is 11.4. The smallest absolute Gasteiger partial charge is 0.262 e. The fraction of sp³-hybridized carbons (Fsp3) is 0.300. The van der Waals surface area contributed by atoms with Gasteiger partial charge >= 0.3 is 0 Å². The van der Waals surface area contributed by atoms with Crippen LogP contribution >= 0.6 is 22.3 Å². The molecule has 0 spiro atoms. The Bertz CT molecular complexity index is 567. The standard InChI is InChI=1S/C10H9Cl2NO3S/c11-8-4-1-6(5-9(8)17(12,15)16)10(14)13-7-2-3-7/h1,4-5,7H,2-3H2,(H,13,14). The zero-order valence-corrected chi connectivity index (χ0v) is 10.9. The van der Waals surface area contributed by atoms with Crippen molar-refractivity contribution in [2.75, 3.05) is 0 Å². The second-order valence-corrected chi connectivity index (χ2v) is 6.77. The predicted molar refractivity (Wildman–Crippen MR) is 65.0 cm³/mol. The Labute approximate surface area is 108 Å². The summed E-state index contributed by atoms with van der Waals surface area (Å²) in [6.07, 6.45) is 1.92. The minimum Gasteiger partial charge on any atom is -0.349 e. The fourth-order valence-electron chi connectivity index (χ4n) is 1.33. The van der Waals surface area contributed by atoms with Gasteiger partial charge in [0.15, 0.2) is 0 Å². The number of amides is 1. The van der Waals surface area contributed by atoms with E-state index in [4.69, 9.17) is 22.3 Å². The zero-order valence-electron chi connectivity index (χ0n) is 8.61. The number of nitrogens with one attached hydrogen (secondary N) is 1. The first kappa shape index (κ1) is 12.7. The predicted octanol–water partition coefficient (Wildman–Crippen LogP) is 2.16. The van der Waals surface area contributed by atoms with E-state index in [1.807, 2.05) is 0 Å². The van der Waals surface area contributed by atoms with E-state index in [2.05, 4.69) is 5.32 Å². The van der Waals surface area contributed by atoms with Crippen LogP contribution in [0.4, 0.5) is 0 Å². The fourth-order valence-corrected chi connectivity index (χ4v) is 2.82. The van der Waals surface area contributed by atoms with E-state index in [1.54, 1.807) is 0 Å². The maximum Gasteiger partial charge on any atom is 0.262 e. The lowest BCUT2D eigenvalue weighted by Crippen LogP contribution is -2.25. The number of benzene rings is 1. The molecule has 4 nitrogen and oxygen atoms in total. The molecule has 0 radical (unpaired) electrons. The summed E-state index contributed by atoms with van der Waals surface area (Å²) in [6, 6.07) is 4.20. The molecule has 1 aliphatic carbocycles. The van der Waals surface area contributed by atoms with Crippen LogP contribution in [0.2, 0.25) is 5.02 Å². The second-order valence-electron chi connectivity index (χ2n) is 3.83. The van der Waals surface area contributed by atoms with Crippen molar-refractivity contribution < 1.29 is 13.2 Å². The number of carbonyl (C=O) groups excluding carboxylic acids is 1. The van der Waals surface area contributed by atoms with Gasteiger partial charge in [-0.15, -0.1) is 0 Å². The van der Waals surface area contributed by atoms with Crippen LogP contribution in [0.1, 0.15) is 23.2 Å². The summed E-state index contributed by atoms with van der Waals surface area (Å²) in [5.41, 5.74) is 0.237. The molecule has 0 unspecified atom stereocenters. The van der Waals surface area contributed by atoms with Gasteiger partial charge in [-0.2, -0.15) is 0 Å². The summed E-state index contributed by atoms with van der Waals surface area (Å²) in [5.74, 6) is -0.314. The molecule has 1 N–H and O–H groups in total. The molecule has 1 saturated carbocycles. The summed E-state index contributed by atoms with van der Waals surface area (Å²) in [6.45, 7) is 0. The third-order valence-corrected chi connectivity index (χ3v) is 4.17. The highest BCUT2D eigenvalue weighted by atomic mass is 35.7. The minimum absolute atomic E-state index is 0.00275. The van der Waals surface area contributed by atoms with Crippen molar-refractivity contribution in [1.29, 1.82) is 0 Å². The molecule has 1 amide bonds. The zero-order chi connectivity index (χ0) is 12.6. The number of halogens is 2. The van der Waals surface area contributed by atoms with Crippen molar-refractivity contribution >= 4 is 37.2 Å². The molecular formula is C10H9Cl2NO3S. The van der Waals surface area contributed by atoms with Crippen LogP contribution in [0.5, 0.6) is 0 Å². The van der Waals surface area contributed by atoms with Gasteiger partial charge < -0.3 is 5.32 Å². The van der Waals surface area contributed by atoms with Gasteiger partial charge in [0.2, 0.25) is 0 Å². The average Bonchev–Trinajstić information content (AvgIpc) is 3.00. The molecule has 7 heteroatoms. The van der Waals surface area contributed by atoms with Crippen LogP contribution < -0.4 is 5.32 Å². The van der Waals surface area contributed by atoms with Crippen molar-refractivity contribution in [3.63, 3.8) is 0 Å². The van der Waals surface area contributed by atoms with Crippen LogP contribution in [-0.2, 0) is 9.05 Å². The third kappa shape index (κ3) is 3.12. The monoisotopic (exact) mass is 293 g/mol. The van der Waals surface area contributed by atoms with E-state index in [-0.39, 0.29) is 27.4 Å². The molecule has 0 heterocycles. The highest BCUT2D eigenvalue weighted by Gasteiger charge is 2.25. The second kappa shape index (κ2) is 4.48. The van der Waals surface area contributed by atoms with Gasteiger partial charge in [0.1, 0.15) is 4.90 Å². The minimum atomic E-state index is -3.94. The Morgan fingerprint density at radius 1 is 1.35 bits per heavy atom. The van der Waals surface area contributed by atoms with Gasteiger partial charge in [-0.1, -0.05) is 11.6 Å². The highest BCUT2D eigenvalue weighted by Crippen LogP contribution is 2.26. The lowest BCUT2D eigenvalue weighted by Gasteiger charge is -2.05. The van der Waals surface area contributed by atoms with E-state index < -0.39 is 9.05 Å². The van der Waals surface area contributed by atoms with Crippen LogP contribution in [0.25, 0.3) is 0 Å². The topological polar surface area (TPSA) is 63.2 Å². The lowest BCUT2D eigenvalue weighted by atomic mass is 10.2. The molecular weight excluding hydrogens is 285 g/mol. The molecule has 0 bridgehead atoms. The van der Waals surface area contributed by atoms with Crippen molar-refractivity contribution in [1.82, 2.24) is 5.32 Å². The lowest BCUT2D eigenvalue weighted by molar-refractivity contribution is 0.0951. The number of carbonyl (C=O) groups is 1. The van der Waals surface area contributed by atoms with Gasteiger partial charge in [-0.05, 0) is 31.0 Å². The van der Waals surface area contributed by atoms with Gasteiger partial charge in [-0.25, -0.2) is 8.42 Å². The number of hydrogen-bond acceptors (Lipinski definition) is 3. The average molecular weight is 294 g/mol. The van der Waals surface area contributed by atoms with E-state index in [0.29, 0.717) is 0 Å². The van der Waals surface area contributed by atoms with Crippen molar-refractivity contribution in [2.24, 2.45) is 0 Å². The van der Waals surface area contributed by atoms with Gasteiger partial charge in [0.05, 0.1) is 5.02 Å². The largest absolute Gasteiger partial charge is 0.349 e. The normalized spacial score (nSPS) is 15.6. The summed E-state index contributed by atoms with van der Waals surface area (Å²) in [5, 5.41) is 2.75. The molecule has 2 rings (SSSR count). The molecule has 1 fully saturated rings. The third-order valence-electron chi connectivity index (χ3n) is 2.37. The van der Waals surface area contributed by atoms with Crippen molar-refractivity contribution in [3.8, 4) is 0 Å². The molecule has 0 aliphatic heterocycles. The maximum atomic E-state index is 11.7. The van der Waals surface area contributed by atoms with Crippen molar-refractivity contribution in [3.05, 3.63) is 28.8 Å².